The van der Waals surface area contributed by atoms with Crippen molar-refractivity contribution in [1.29, 1.82) is 0 Å². The first-order chi connectivity index (χ1) is 48.8. The number of likely N-dealkylation sites (tertiary alicyclic amines) is 1. The Morgan fingerprint density at radius 1 is 0.725 bits per heavy atom. The lowest BCUT2D eigenvalue weighted by molar-refractivity contribution is -0.170. The lowest BCUT2D eigenvalue weighted by Gasteiger charge is -2.38. The van der Waals surface area contributed by atoms with E-state index < -0.39 is 83.6 Å². The van der Waals surface area contributed by atoms with E-state index in [9.17, 15) is 61.1 Å². The highest BCUT2D eigenvalue weighted by molar-refractivity contribution is 8.76. The van der Waals surface area contributed by atoms with Gasteiger partial charge in [-0.3, -0.25) is 58.4 Å². The number of hydrogen-bond acceptors (Lipinski definition) is 20. The predicted octanol–water partition coefficient (Wildman–Crippen LogP) is 8.25. The average molecular weight is 1450 g/mol. The maximum Gasteiger partial charge on any atom is 0.471 e. The minimum absolute atomic E-state index is 0.0293. The highest BCUT2D eigenvalue weighted by atomic mass is 33.1. The minimum atomic E-state index is -5.36. The number of halogens is 3. The van der Waals surface area contributed by atoms with Crippen LogP contribution in [0.1, 0.15) is 131 Å². The summed E-state index contributed by atoms with van der Waals surface area (Å²) in [6.45, 7) is 5.43. The van der Waals surface area contributed by atoms with Crippen molar-refractivity contribution in [3.63, 3.8) is 0 Å². The Hall–Kier alpha value is -9.62. The van der Waals surface area contributed by atoms with Crippen LogP contribution in [0.2, 0.25) is 0 Å². The lowest BCUT2D eigenvalue weighted by Crippen LogP contribution is -2.42. The molecule has 102 heavy (non-hydrogen) atoms. The second-order valence-corrected chi connectivity index (χ2v) is 27.2. The highest BCUT2D eigenvalue weighted by Crippen LogP contribution is 2.43. The number of ether oxygens (including phenoxy) is 5. The van der Waals surface area contributed by atoms with E-state index in [4.69, 9.17) is 23.7 Å². The number of alkyl halides is 3. The van der Waals surface area contributed by atoms with Gasteiger partial charge in [-0.25, -0.2) is 14.8 Å². The van der Waals surface area contributed by atoms with Crippen molar-refractivity contribution in [3.05, 3.63) is 148 Å². The Morgan fingerprint density at radius 3 is 1.99 bits per heavy atom. The van der Waals surface area contributed by atoms with Gasteiger partial charge in [-0.05, 0) is 90.9 Å². The van der Waals surface area contributed by atoms with Crippen LogP contribution in [-0.4, -0.2) is 168 Å². The number of amides is 7. The van der Waals surface area contributed by atoms with E-state index in [0.717, 1.165) is 60.7 Å². The van der Waals surface area contributed by atoms with Crippen LogP contribution in [0.15, 0.2) is 114 Å². The normalized spacial score (nSPS) is 14.2. The number of nitrogens with one attached hydrogen (secondary N) is 6. The molecule has 548 valence electrons. The third-order valence-corrected chi connectivity index (χ3v) is 19.6. The summed E-state index contributed by atoms with van der Waals surface area (Å²) < 4.78 is 70.7. The lowest BCUT2D eigenvalue weighted by atomic mass is 9.80. The van der Waals surface area contributed by atoms with E-state index in [1.807, 2.05) is 85.8 Å². The first kappa shape index (κ1) is 79.7. The Morgan fingerprint density at radius 2 is 1.36 bits per heavy atom. The first-order valence-electron chi connectivity index (χ1n) is 33.3. The van der Waals surface area contributed by atoms with Crippen LogP contribution >= 0.6 is 21.6 Å². The van der Waals surface area contributed by atoms with Gasteiger partial charge in [-0.15, -0.1) is 0 Å². The Bertz CT molecular complexity index is 3850. The molecular weight excluding hydrogens is 1370 g/mol. The largest absolute Gasteiger partial charge is 0.497 e. The molecule has 26 nitrogen and oxygen atoms in total. The maximum atomic E-state index is 14.3. The van der Waals surface area contributed by atoms with Crippen molar-refractivity contribution in [3.8, 4) is 11.5 Å². The number of benzene rings is 4. The van der Waals surface area contributed by atoms with Crippen LogP contribution in [0.5, 0.6) is 11.5 Å². The summed E-state index contributed by atoms with van der Waals surface area (Å²) in [6.07, 6.45) is -1.40. The number of carbonyl (C=O) groups is 9. The zero-order valence-corrected chi connectivity index (χ0v) is 59.5. The molecule has 0 saturated carbocycles. The summed E-state index contributed by atoms with van der Waals surface area (Å²) in [4.78, 5) is 145. The topological polar surface area (TPSA) is 338 Å². The second kappa shape index (κ2) is 39.0. The predicted molar refractivity (Wildman–Crippen MR) is 377 cm³/mol. The average Bonchev–Trinajstić information content (AvgIpc) is 0.855. The molecule has 1 saturated heterocycles. The molecule has 7 rings (SSSR count). The summed E-state index contributed by atoms with van der Waals surface area (Å²) in [5, 5.41) is 13.2. The maximum absolute atomic E-state index is 14.3. The highest BCUT2D eigenvalue weighted by Gasteiger charge is 2.45. The molecule has 7 amide bonds. The Balaban J connectivity index is 0.807. The number of hydrogen-bond donors (Lipinski definition) is 6. The van der Waals surface area contributed by atoms with Gasteiger partial charge in [0, 0.05) is 80.4 Å². The van der Waals surface area contributed by atoms with Gasteiger partial charge in [0.15, 0.2) is 11.2 Å². The number of anilines is 2. The van der Waals surface area contributed by atoms with Crippen LogP contribution < -0.4 is 46.5 Å². The SMILES string of the molecule is CNC(=O)CCC(=O)O[C@@H]1C[C@@H](COC(c2ccccc2)(c2ccc(OC)cc2)c2ccc(OC)cc2)N(C(=O)CCC(C)SSCCNC(=O)CCCCCCNC(=O)CC[C@H](NC(=O)c2ccc(N(Cc3cnc4nc(NC(=O)C(C)C)[nH]c(=O)c4n3)C(=O)C(F)(F)F)cc2)C(=O)OC)C1. The zero-order chi connectivity index (χ0) is 73.9. The molecule has 2 aromatic heterocycles. The number of rotatable bonds is 38. The van der Waals surface area contributed by atoms with E-state index in [1.165, 1.54) is 7.05 Å². The molecule has 0 spiro atoms. The van der Waals surface area contributed by atoms with Gasteiger partial charge in [0.2, 0.25) is 35.5 Å². The summed E-state index contributed by atoms with van der Waals surface area (Å²) in [7, 11) is 9.00. The van der Waals surface area contributed by atoms with Crippen molar-refractivity contribution >= 4 is 97.7 Å². The van der Waals surface area contributed by atoms with E-state index in [1.54, 1.807) is 54.6 Å². The van der Waals surface area contributed by atoms with Crippen LogP contribution in [0.3, 0.4) is 0 Å². The molecular formula is C71H86F3N11O15S2. The molecule has 31 heteroatoms. The number of carbonyl (C=O) groups excluding carboxylic acids is 9. The third kappa shape index (κ3) is 23.2. The first-order valence-corrected chi connectivity index (χ1v) is 35.7. The molecule has 1 aliphatic heterocycles. The van der Waals surface area contributed by atoms with Crippen molar-refractivity contribution < 1.29 is 80.0 Å². The Kier molecular flexibility index (Phi) is 30.5. The van der Waals surface area contributed by atoms with E-state index in [0.29, 0.717) is 73.8 Å². The number of H-pyrrole nitrogens is 1. The molecule has 1 aliphatic rings. The third-order valence-electron chi connectivity index (χ3n) is 16.6. The summed E-state index contributed by atoms with van der Waals surface area (Å²) in [6, 6.07) is 27.7. The molecule has 4 atom stereocenters. The number of unbranched alkanes of at least 4 members (excludes halogenated alkanes) is 3. The number of aromatic nitrogens is 4. The van der Waals surface area contributed by atoms with Crippen molar-refractivity contribution in [2.24, 2.45) is 5.92 Å². The van der Waals surface area contributed by atoms with E-state index in [-0.39, 0.29) is 102 Å². The van der Waals surface area contributed by atoms with Gasteiger partial charge in [-0.1, -0.05) is 110 Å². The van der Waals surface area contributed by atoms with Gasteiger partial charge < -0.3 is 49.9 Å². The van der Waals surface area contributed by atoms with Gasteiger partial charge in [-0.2, -0.15) is 18.2 Å². The van der Waals surface area contributed by atoms with Gasteiger partial charge in [0.1, 0.15) is 29.2 Å². The van der Waals surface area contributed by atoms with Gasteiger partial charge >= 0.3 is 24.0 Å². The quantitative estimate of drug-likeness (QED) is 0.00919. The van der Waals surface area contributed by atoms with Gasteiger partial charge in [0.05, 0.1) is 65.4 Å². The minimum Gasteiger partial charge on any atom is -0.497 e. The van der Waals surface area contributed by atoms with Crippen LogP contribution in [-0.2, 0) is 64.7 Å². The fraction of sp³-hybridized carbons (Fsp3) is 0.451. The standard InChI is InChI=1S/C71H86F3N11O15S2/c1-44(2)64(91)82-69-81-63-62(66(93)83-69)79-50(40-78-63)41-85(68(95)71(72,73)74)51-25-19-46(20-26-51)65(92)80-56(67(94)98-7)31-32-59(88)76-36-14-9-8-13-17-58(87)77-37-38-101-102-45(3)18-34-60(89)84-42-55(100-61(90)35-33-57(86)75-4)39-52(84)43-99-70(47-15-11-10-12-16-47,48-21-27-53(96-5)28-22-48)49-23-29-54(97-6)30-24-49/h10-12,15-16,19-30,40,44-45,52,55-56H,8-9,13-14,17-18,31-39,41-43H2,1-7H3,(H,75,86)(H,76,88)(H,77,87)(H,80,92)(H2,78,81,82,83,91,93)/t45?,52-,55+,56-/m0/s1. The molecule has 0 radical (unpaired) electrons. The van der Waals surface area contributed by atoms with Crippen LogP contribution in [0.25, 0.3) is 11.2 Å². The number of aromatic amines is 1. The monoisotopic (exact) mass is 1450 g/mol. The molecule has 1 fully saturated rings. The summed E-state index contributed by atoms with van der Waals surface area (Å²) in [5.41, 5.74) is -0.815. The molecule has 0 aliphatic carbocycles. The number of nitrogens with zero attached hydrogens (tertiary/aromatic N) is 5. The van der Waals surface area contributed by atoms with Crippen LogP contribution in [0.4, 0.5) is 24.8 Å². The summed E-state index contributed by atoms with van der Waals surface area (Å²) >= 11 is 0. The van der Waals surface area contributed by atoms with Crippen molar-refractivity contribution in [2.45, 2.75) is 140 Å². The molecule has 6 N–H and O–H groups in total. The summed E-state index contributed by atoms with van der Waals surface area (Å²) in [5.74, 6) is -4.61. The van der Waals surface area contributed by atoms with Crippen LogP contribution in [0, 0.1) is 5.92 Å². The molecule has 6 aromatic rings. The van der Waals surface area contributed by atoms with Crippen molar-refractivity contribution in [2.75, 3.05) is 70.6 Å². The van der Waals surface area contributed by atoms with E-state index >= 15 is 0 Å². The number of esters is 2. The molecule has 0 bridgehead atoms. The zero-order valence-electron chi connectivity index (χ0n) is 57.8. The molecule has 3 heterocycles. The number of fused-ring (bicyclic) bond motifs is 1. The van der Waals surface area contributed by atoms with Crippen molar-refractivity contribution in [1.82, 2.24) is 46.1 Å². The molecule has 4 aromatic carbocycles. The van der Waals surface area contributed by atoms with Gasteiger partial charge in [0.25, 0.3) is 11.5 Å². The fourth-order valence-electron chi connectivity index (χ4n) is 11.0. The fourth-order valence-corrected chi connectivity index (χ4v) is 13.3. The Labute approximate surface area is 596 Å². The smallest absolute Gasteiger partial charge is 0.471 e. The number of methoxy groups -OCH3 is 3. The molecule has 1 unspecified atom stereocenters. The van der Waals surface area contributed by atoms with E-state index in [2.05, 4.69) is 46.5 Å². The second-order valence-electron chi connectivity index (χ2n) is 24.3.